The van der Waals surface area contributed by atoms with Gasteiger partial charge in [0, 0.05) is 20.0 Å². The zero-order valence-corrected chi connectivity index (χ0v) is 17.1. The number of rotatable bonds is 9. The number of carbonyl (C=O) groups is 1. The third-order valence-corrected chi connectivity index (χ3v) is 6.47. The van der Waals surface area contributed by atoms with Crippen LogP contribution in [0.15, 0.2) is 23.1 Å². The third kappa shape index (κ3) is 6.17. The Kier molecular flexibility index (Phi) is 8.03. The molecule has 1 aromatic rings. The van der Waals surface area contributed by atoms with Gasteiger partial charge in [0.1, 0.15) is 18.8 Å². The van der Waals surface area contributed by atoms with E-state index in [1.165, 1.54) is 25.1 Å². The number of aryl methyl sites for hydroxylation is 1. The van der Waals surface area contributed by atoms with Crippen molar-refractivity contribution in [3.8, 4) is 5.75 Å². The van der Waals surface area contributed by atoms with Crippen LogP contribution >= 0.6 is 0 Å². The second kappa shape index (κ2) is 10.0. The predicted octanol–water partition coefficient (Wildman–Crippen LogP) is -0.954. The fraction of sp³-hybridized carbons (Fsp3) is 0.611. The SMILES string of the molecule is COc1ccc(S(=O)(=O)N(C)CC(=O)NCCC[NH+]2CCOCC2)cc1C. The highest BCUT2D eigenvalue weighted by atomic mass is 32.2. The minimum Gasteiger partial charge on any atom is -0.496 e. The first-order valence-corrected chi connectivity index (χ1v) is 10.6. The van der Waals surface area contributed by atoms with Crippen molar-refractivity contribution in [1.29, 1.82) is 0 Å². The molecule has 0 spiro atoms. The van der Waals surface area contributed by atoms with E-state index in [-0.39, 0.29) is 17.3 Å². The van der Waals surface area contributed by atoms with E-state index < -0.39 is 10.0 Å². The molecular formula is C18H30N3O5S+. The largest absolute Gasteiger partial charge is 0.496 e. The first kappa shape index (κ1) is 21.6. The van der Waals surface area contributed by atoms with E-state index in [0.29, 0.717) is 12.3 Å². The molecule has 1 aromatic carbocycles. The first-order valence-electron chi connectivity index (χ1n) is 9.13. The number of methoxy groups -OCH3 is 1. The van der Waals surface area contributed by atoms with Crippen LogP contribution in [-0.2, 0) is 19.6 Å². The number of sulfonamides is 1. The Morgan fingerprint density at radius 1 is 1.33 bits per heavy atom. The number of hydrogen-bond donors (Lipinski definition) is 2. The number of carbonyl (C=O) groups excluding carboxylic acids is 1. The second-order valence-electron chi connectivity index (χ2n) is 6.71. The molecule has 9 heteroatoms. The van der Waals surface area contributed by atoms with Crippen LogP contribution in [0.1, 0.15) is 12.0 Å². The summed E-state index contributed by atoms with van der Waals surface area (Å²) in [7, 11) is -0.786. The fourth-order valence-corrected chi connectivity index (χ4v) is 4.22. The van der Waals surface area contributed by atoms with Crippen LogP contribution in [-0.4, -0.2) is 78.7 Å². The van der Waals surface area contributed by atoms with Gasteiger partial charge in [-0.2, -0.15) is 4.31 Å². The Morgan fingerprint density at radius 2 is 2.04 bits per heavy atom. The molecule has 27 heavy (non-hydrogen) atoms. The molecule has 1 heterocycles. The van der Waals surface area contributed by atoms with Crippen LogP contribution in [0.4, 0.5) is 0 Å². The summed E-state index contributed by atoms with van der Waals surface area (Å²) in [4.78, 5) is 13.7. The molecule has 1 fully saturated rings. The maximum atomic E-state index is 12.6. The van der Waals surface area contributed by atoms with Gasteiger partial charge < -0.3 is 19.7 Å². The lowest BCUT2D eigenvalue weighted by Crippen LogP contribution is -3.14. The number of nitrogens with one attached hydrogen (secondary N) is 2. The standard InChI is InChI=1S/C18H29N3O5S/c1-15-13-16(5-6-17(15)25-3)27(23,24)20(2)14-18(22)19-7-4-8-21-9-11-26-12-10-21/h5-6,13H,4,7-12,14H2,1-3H3,(H,19,22)/p+1. The monoisotopic (exact) mass is 400 g/mol. The molecule has 2 N–H and O–H groups in total. The molecule has 0 saturated carbocycles. The topological polar surface area (TPSA) is 89.4 Å². The van der Waals surface area contributed by atoms with Gasteiger partial charge in [-0.25, -0.2) is 8.42 Å². The summed E-state index contributed by atoms with van der Waals surface area (Å²) in [5.74, 6) is 0.319. The van der Waals surface area contributed by atoms with Gasteiger partial charge in [-0.3, -0.25) is 4.79 Å². The number of benzene rings is 1. The number of nitrogens with zero attached hydrogens (tertiary/aromatic N) is 1. The average molecular weight is 401 g/mol. The first-order chi connectivity index (χ1) is 12.8. The summed E-state index contributed by atoms with van der Waals surface area (Å²) in [6.07, 6.45) is 0.856. The summed E-state index contributed by atoms with van der Waals surface area (Å²) < 4.78 is 36.8. The number of amides is 1. The van der Waals surface area contributed by atoms with Crippen LogP contribution in [0.3, 0.4) is 0 Å². The summed E-state index contributed by atoms with van der Waals surface area (Å²) in [5.41, 5.74) is 0.724. The number of morpholine rings is 1. The molecule has 0 unspecified atom stereocenters. The lowest BCUT2D eigenvalue weighted by atomic mass is 10.2. The maximum Gasteiger partial charge on any atom is 0.243 e. The van der Waals surface area contributed by atoms with Crippen molar-refractivity contribution >= 4 is 15.9 Å². The molecule has 1 aliphatic heterocycles. The minimum absolute atomic E-state index is 0.145. The Bertz CT molecular complexity index is 733. The molecule has 1 saturated heterocycles. The van der Waals surface area contributed by atoms with Gasteiger partial charge >= 0.3 is 0 Å². The molecule has 1 amide bonds. The molecule has 2 rings (SSSR count). The zero-order chi connectivity index (χ0) is 19.9. The lowest BCUT2D eigenvalue weighted by molar-refractivity contribution is -0.908. The van der Waals surface area contributed by atoms with Crippen LogP contribution < -0.4 is 15.0 Å². The lowest BCUT2D eigenvalue weighted by Gasteiger charge is -2.23. The van der Waals surface area contributed by atoms with Gasteiger partial charge in [0.2, 0.25) is 15.9 Å². The molecule has 1 aliphatic rings. The highest BCUT2D eigenvalue weighted by Gasteiger charge is 2.23. The van der Waals surface area contributed by atoms with E-state index in [2.05, 4.69) is 5.32 Å². The Hall–Kier alpha value is -1.68. The van der Waals surface area contributed by atoms with Crippen molar-refractivity contribution < 1.29 is 27.6 Å². The highest BCUT2D eigenvalue weighted by Crippen LogP contribution is 2.23. The van der Waals surface area contributed by atoms with E-state index in [9.17, 15) is 13.2 Å². The van der Waals surface area contributed by atoms with Crippen LogP contribution in [0.25, 0.3) is 0 Å². The Morgan fingerprint density at radius 3 is 2.67 bits per heavy atom. The molecule has 152 valence electrons. The third-order valence-electron chi connectivity index (χ3n) is 4.67. The number of quaternary nitrogens is 1. The van der Waals surface area contributed by atoms with Gasteiger partial charge in [-0.1, -0.05) is 0 Å². The Labute approximate surface area is 161 Å². The van der Waals surface area contributed by atoms with E-state index in [1.807, 2.05) is 0 Å². The number of likely N-dealkylation sites (N-methyl/N-ethyl adjacent to an activating group) is 1. The maximum absolute atomic E-state index is 12.6. The van der Waals surface area contributed by atoms with Gasteiger partial charge in [0.25, 0.3) is 0 Å². The fourth-order valence-electron chi connectivity index (χ4n) is 3.01. The second-order valence-corrected chi connectivity index (χ2v) is 8.75. The minimum atomic E-state index is -3.73. The molecule has 0 bridgehead atoms. The van der Waals surface area contributed by atoms with Gasteiger partial charge in [0.15, 0.2) is 0 Å². The molecule has 8 nitrogen and oxygen atoms in total. The van der Waals surface area contributed by atoms with E-state index >= 15 is 0 Å². The van der Waals surface area contributed by atoms with Crippen LogP contribution in [0.2, 0.25) is 0 Å². The average Bonchev–Trinajstić information content (AvgIpc) is 2.66. The smallest absolute Gasteiger partial charge is 0.243 e. The van der Waals surface area contributed by atoms with Crippen LogP contribution in [0, 0.1) is 6.92 Å². The van der Waals surface area contributed by atoms with Crippen molar-refractivity contribution in [1.82, 2.24) is 9.62 Å². The summed E-state index contributed by atoms with van der Waals surface area (Å²) >= 11 is 0. The van der Waals surface area contributed by atoms with E-state index in [4.69, 9.17) is 9.47 Å². The van der Waals surface area contributed by atoms with E-state index in [0.717, 1.165) is 49.1 Å². The molecule has 0 atom stereocenters. The van der Waals surface area contributed by atoms with Crippen molar-refractivity contribution in [2.75, 3.05) is 60.1 Å². The summed E-state index contributed by atoms with van der Waals surface area (Å²) in [5, 5.41) is 2.80. The predicted molar refractivity (Wildman–Crippen MR) is 102 cm³/mol. The van der Waals surface area contributed by atoms with Gasteiger partial charge in [0.05, 0.1) is 38.3 Å². The van der Waals surface area contributed by atoms with Crippen molar-refractivity contribution in [3.63, 3.8) is 0 Å². The highest BCUT2D eigenvalue weighted by molar-refractivity contribution is 7.89. The normalized spacial score (nSPS) is 15.7. The summed E-state index contributed by atoms with van der Waals surface area (Å²) in [6, 6.07) is 4.65. The van der Waals surface area contributed by atoms with Gasteiger partial charge in [-0.05, 0) is 30.7 Å². The molecule has 0 aliphatic carbocycles. The molecule has 0 aromatic heterocycles. The van der Waals surface area contributed by atoms with Crippen LogP contribution in [0.5, 0.6) is 5.75 Å². The van der Waals surface area contributed by atoms with E-state index in [1.54, 1.807) is 19.1 Å². The molecular weight excluding hydrogens is 370 g/mol. The van der Waals surface area contributed by atoms with Gasteiger partial charge in [-0.15, -0.1) is 0 Å². The number of hydrogen-bond acceptors (Lipinski definition) is 5. The van der Waals surface area contributed by atoms with Crippen molar-refractivity contribution in [2.45, 2.75) is 18.2 Å². The van der Waals surface area contributed by atoms with Crippen molar-refractivity contribution in [2.24, 2.45) is 0 Å². The summed E-state index contributed by atoms with van der Waals surface area (Å²) in [6.45, 7) is 6.65. The zero-order valence-electron chi connectivity index (χ0n) is 16.3. The van der Waals surface area contributed by atoms with Crippen molar-refractivity contribution in [3.05, 3.63) is 23.8 Å². The Balaban J connectivity index is 1.81. The number of ether oxygens (including phenoxy) is 2. The quantitative estimate of drug-likeness (QED) is 0.522. The molecule has 0 radical (unpaired) electrons.